The molecule has 0 aliphatic heterocycles. The van der Waals surface area contributed by atoms with Crippen molar-refractivity contribution in [1.29, 1.82) is 0 Å². The van der Waals surface area contributed by atoms with Crippen molar-refractivity contribution in [2.24, 2.45) is 0 Å². The number of rotatable bonds is 6. The van der Waals surface area contributed by atoms with Gasteiger partial charge in [0, 0.05) is 26.6 Å². The second-order valence-electron chi connectivity index (χ2n) is 2.41. The van der Waals surface area contributed by atoms with Crippen LogP contribution in [0.25, 0.3) is 0 Å². The zero-order valence-corrected chi connectivity index (χ0v) is 8.05. The van der Waals surface area contributed by atoms with Crippen molar-refractivity contribution in [1.82, 2.24) is 10.6 Å². The van der Waals surface area contributed by atoms with Gasteiger partial charge < -0.3 is 15.4 Å². The highest BCUT2D eigenvalue weighted by Crippen LogP contribution is 1.77. The summed E-state index contributed by atoms with van der Waals surface area (Å²) in [6, 6.07) is 0. The molecule has 5 heteroatoms. The lowest BCUT2D eigenvalue weighted by molar-refractivity contribution is -0.125. The Kier molecular flexibility index (Phi) is 6.91. The molecule has 0 rings (SSSR count). The van der Waals surface area contributed by atoms with Crippen molar-refractivity contribution in [3.63, 3.8) is 0 Å². The molecule has 76 valence electrons. The van der Waals surface area contributed by atoms with E-state index in [-0.39, 0.29) is 18.4 Å². The first-order valence-electron chi connectivity index (χ1n) is 4.25. The molecule has 0 fully saturated rings. The summed E-state index contributed by atoms with van der Waals surface area (Å²) in [5.41, 5.74) is 0. The van der Waals surface area contributed by atoms with Crippen molar-refractivity contribution in [2.45, 2.75) is 13.3 Å². The smallest absolute Gasteiger partial charge is 0.246 e. The maximum atomic E-state index is 10.9. The van der Waals surface area contributed by atoms with Crippen molar-refractivity contribution in [3.05, 3.63) is 0 Å². The van der Waals surface area contributed by atoms with Crippen molar-refractivity contribution in [3.8, 4) is 0 Å². The minimum Gasteiger partial charge on any atom is -0.372 e. The second kappa shape index (κ2) is 7.54. The van der Waals surface area contributed by atoms with Crippen molar-refractivity contribution >= 4 is 11.8 Å². The molecule has 0 aliphatic rings. The molecular formula is C8H16N2O3. The number of ether oxygens (including phenoxy) is 1. The Bertz CT molecular complexity index is 171. The number of carbonyl (C=O) groups is 2. The van der Waals surface area contributed by atoms with E-state index in [9.17, 15) is 9.59 Å². The zero-order valence-electron chi connectivity index (χ0n) is 8.05. The Morgan fingerprint density at radius 3 is 2.54 bits per heavy atom. The fourth-order valence-electron chi connectivity index (χ4n) is 0.686. The van der Waals surface area contributed by atoms with Crippen LogP contribution in [0.15, 0.2) is 0 Å². The predicted octanol–water partition coefficient (Wildman–Crippen LogP) is -0.725. The van der Waals surface area contributed by atoms with Crippen LogP contribution in [0.5, 0.6) is 0 Å². The number of carbonyl (C=O) groups excluding carboxylic acids is 2. The Hall–Kier alpha value is -1.10. The molecule has 0 saturated heterocycles. The fourth-order valence-corrected chi connectivity index (χ4v) is 0.686. The summed E-state index contributed by atoms with van der Waals surface area (Å²) in [5, 5.41) is 5.02. The number of hydrogen-bond acceptors (Lipinski definition) is 3. The first-order chi connectivity index (χ1) is 6.20. The van der Waals surface area contributed by atoms with Gasteiger partial charge in [0.05, 0.1) is 0 Å². The fraction of sp³-hybridized carbons (Fsp3) is 0.750. The molecule has 0 radical (unpaired) electrons. The SMILES string of the molecule is CCOCC(=O)NCCC(=O)NC. The van der Waals surface area contributed by atoms with E-state index in [2.05, 4.69) is 10.6 Å². The van der Waals surface area contributed by atoms with Gasteiger partial charge in [0.2, 0.25) is 11.8 Å². The van der Waals surface area contributed by atoms with Crippen LogP contribution in [-0.4, -0.2) is 38.6 Å². The molecular weight excluding hydrogens is 172 g/mol. The molecule has 0 bridgehead atoms. The third kappa shape index (κ3) is 7.27. The quantitative estimate of drug-likeness (QED) is 0.577. The predicted molar refractivity (Wildman–Crippen MR) is 48.2 cm³/mol. The molecule has 0 unspecified atom stereocenters. The van der Waals surface area contributed by atoms with Gasteiger partial charge in [0.25, 0.3) is 0 Å². The van der Waals surface area contributed by atoms with Gasteiger partial charge in [-0.25, -0.2) is 0 Å². The van der Waals surface area contributed by atoms with Gasteiger partial charge in [-0.05, 0) is 6.92 Å². The second-order valence-corrected chi connectivity index (χ2v) is 2.41. The van der Waals surface area contributed by atoms with Crippen LogP contribution in [0, 0.1) is 0 Å². The van der Waals surface area contributed by atoms with Gasteiger partial charge in [-0.3, -0.25) is 9.59 Å². The van der Waals surface area contributed by atoms with Crippen LogP contribution in [0.1, 0.15) is 13.3 Å². The largest absolute Gasteiger partial charge is 0.372 e. The third-order valence-corrected chi connectivity index (χ3v) is 1.39. The standard InChI is InChI=1S/C8H16N2O3/c1-3-13-6-8(12)10-5-4-7(11)9-2/h3-6H2,1-2H3,(H,9,11)(H,10,12). The summed E-state index contributed by atoms with van der Waals surface area (Å²) in [6.45, 7) is 2.75. The van der Waals surface area contributed by atoms with Gasteiger partial charge in [0.15, 0.2) is 0 Å². The Labute approximate surface area is 77.8 Å². The monoisotopic (exact) mass is 188 g/mol. The average Bonchev–Trinajstić information content (AvgIpc) is 2.14. The number of hydrogen-bond donors (Lipinski definition) is 2. The average molecular weight is 188 g/mol. The highest BCUT2D eigenvalue weighted by Gasteiger charge is 2.01. The Morgan fingerprint density at radius 2 is 2.00 bits per heavy atom. The highest BCUT2D eigenvalue weighted by atomic mass is 16.5. The molecule has 0 heterocycles. The van der Waals surface area contributed by atoms with Gasteiger partial charge in [0.1, 0.15) is 6.61 Å². The topological polar surface area (TPSA) is 67.4 Å². The van der Waals surface area contributed by atoms with Crippen LogP contribution < -0.4 is 10.6 Å². The van der Waals surface area contributed by atoms with E-state index in [1.54, 1.807) is 7.05 Å². The summed E-state index contributed by atoms with van der Waals surface area (Å²) >= 11 is 0. The van der Waals surface area contributed by atoms with E-state index in [1.807, 2.05) is 6.92 Å². The van der Waals surface area contributed by atoms with Crippen molar-refractivity contribution in [2.75, 3.05) is 26.8 Å². The summed E-state index contributed by atoms with van der Waals surface area (Å²) in [4.78, 5) is 21.6. The third-order valence-electron chi connectivity index (χ3n) is 1.39. The highest BCUT2D eigenvalue weighted by molar-refractivity contribution is 5.79. The molecule has 2 N–H and O–H groups in total. The molecule has 5 nitrogen and oxygen atoms in total. The molecule has 0 aromatic carbocycles. The van der Waals surface area contributed by atoms with Crippen LogP contribution in [0.2, 0.25) is 0 Å². The summed E-state index contributed by atoms with van der Waals surface area (Å²) in [7, 11) is 1.56. The maximum Gasteiger partial charge on any atom is 0.246 e. The molecule has 2 amide bonds. The molecule has 0 saturated carbocycles. The Balaban J connectivity index is 3.31. The van der Waals surface area contributed by atoms with Crippen molar-refractivity contribution < 1.29 is 14.3 Å². The minimum atomic E-state index is -0.189. The Morgan fingerprint density at radius 1 is 1.31 bits per heavy atom. The molecule has 0 spiro atoms. The van der Waals surface area contributed by atoms with Crippen LogP contribution in [-0.2, 0) is 14.3 Å². The van der Waals surface area contributed by atoms with Gasteiger partial charge >= 0.3 is 0 Å². The molecule has 0 atom stereocenters. The van der Waals surface area contributed by atoms with Gasteiger partial charge in [-0.15, -0.1) is 0 Å². The summed E-state index contributed by atoms with van der Waals surface area (Å²) < 4.78 is 4.87. The van der Waals surface area contributed by atoms with E-state index < -0.39 is 0 Å². The van der Waals surface area contributed by atoms with E-state index in [0.29, 0.717) is 19.6 Å². The maximum absolute atomic E-state index is 10.9. The minimum absolute atomic E-state index is 0.0598. The van der Waals surface area contributed by atoms with E-state index >= 15 is 0 Å². The first kappa shape index (κ1) is 11.9. The number of amides is 2. The van der Waals surface area contributed by atoms with Crippen LogP contribution in [0.3, 0.4) is 0 Å². The summed E-state index contributed by atoms with van der Waals surface area (Å²) in [5.74, 6) is -0.275. The van der Waals surface area contributed by atoms with Gasteiger partial charge in [-0.2, -0.15) is 0 Å². The molecule has 0 aromatic rings. The lowest BCUT2D eigenvalue weighted by atomic mass is 10.4. The lowest BCUT2D eigenvalue weighted by Crippen LogP contribution is -2.31. The van der Waals surface area contributed by atoms with E-state index in [0.717, 1.165) is 0 Å². The zero-order chi connectivity index (χ0) is 10.1. The normalized spacial score (nSPS) is 9.38. The summed E-state index contributed by atoms with van der Waals surface area (Å²) in [6.07, 6.45) is 0.300. The van der Waals surface area contributed by atoms with Gasteiger partial charge in [-0.1, -0.05) is 0 Å². The van der Waals surface area contributed by atoms with E-state index in [4.69, 9.17) is 4.74 Å². The molecule has 13 heavy (non-hydrogen) atoms. The molecule has 0 aromatic heterocycles. The van der Waals surface area contributed by atoms with E-state index in [1.165, 1.54) is 0 Å². The lowest BCUT2D eigenvalue weighted by Gasteiger charge is -2.03. The van der Waals surface area contributed by atoms with Crippen LogP contribution in [0.4, 0.5) is 0 Å². The number of nitrogens with one attached hydrogen (secondary N) is 2. The molecule has 0 aliphatic carbocycles. The first-order valence-corrected chi connectivity index (χ1v) is 4.25. The van der Waals surface area contributed by atoms with Crippen LogP contribution >= 0.6 is 0 Å².